The molecular weight excluding hydrogens is 318 g/mol. The number of hydrogen-bond donors (Lipinski definition) is 4. The molecule has 0 saturated heterocycles. The topological polar surface area (TPSA) is 125 Å². The Hall–Kier alpha value is -2.96. The van der Waals surface area contributed by atoms with E-state index < -0.39 is 5.97 Å². The monoisotopic (exact) mass is 339 g/mol. The molecule has 1 aliphatic rings. The second kappa shape index (κ2) is 7.29. The number of hydrogen-bond acceptors (Lipinski definition) is 5. The van der Waals surface area contributed by atoms with Crippen molar-refractivity contribution in [1.29, 1.82) is 5.41 Å². The number of rotatable bonds is 5. The van der Waals surface area contributed by atoms with Crippen molar-refractivity contribution in [2.45, 2.75) is 31.7 Å². The highest BCUT2D eigenvalue weighted by atomic mass is 16.4. The van der Waals surface area contributed by atoms with Crippen molar-refractivity contribution in [1.82, 2.24) is 9.97 Å². The Morgan fingerprint density at radius 2 is 1.68 bits per heavy atom. The number of amidine groups is 1. The van der Waals surface area contributed by atoms with Gasteiger partial charge in [-0.2, -0.15) is 0 Å². The molecule has 1 saturated carbocycles. The van der Waals surface area contributed by atoms with E-state index in [9.17, 15) is 4.79 Å². The van der Waals surface area contributed by atoms with Crippen molar-refractivity contribution in [2.75, 3.05) is 5.32 Å². The van der Waals surface area contributed by atoms with E-state index in [1.165, 1.54) is 0 Å². The molecule has 0 radical (unpaired) electrons. The summed E-state index contributed by atoms with van der Waals surface area (Å²) in [6.45, 7) is 0. The summed E-state index contributed by atoms with van der Waals surface area (Å²) in [7, 11) is 0. The van der Waals surface area contributed by atoms with Crippen LogP contribution in [0.5, 0.6) is 0 Å². The predicted molar refractivity (Wildman–Crippen MR) is 95.5 cm³/mol. The standard InChI is InChI=1S/C18H21N5O2/c19-16(20)12-3-1-11(2-4-12)14-9-21-18(22-10-14)23-15-7-5-13(6-8-15)17(24)25/h1-4,9-10,13,15H,5-8H2,(H3,19,20)(H,24,25)(H,21,22,23). The predicted octanol–water partition coefficient (Wildman–Crippen LogP) is 2.48. The average Bonchev–Trinajstić information content (AvgIpc) is 2.63. The third-order valence-corrected chi connectivity index (χ3v) is 4.59. The first-order chi connectivity index (χ1) is 12.0. The third-order valence-electron chi connectivity index (χ3n) is 4.59. The van der Waals surface area contributed by atoms with E-state index in [0.717, 1.165) is 24.0 Å². The van der Waals surface area contributed by atoms with E-state index in [-0.39, 0.29) is 17.8 Å². The molecule has 7 heteroatoms. The summed E-state index contributed by atoms with van der Waals surface area (Å²) >= 11 is 0. The van der Waals surface area contributed by atoms with Gasteiger partial charge in [-0.1, -0.05) is 24.3 Å². The summed E-state index contributed by atoms with van der Waals surface area (Å²) in [5.41, 5.74) is 7.98. The molecule has 2 aromatic rings. The van der Waals surface area contributed by atoms with E-state index in [1.54, 1.807) is 24.5 Å². The molecule has 7 nitrogen and oxygen atoms in total. The molecule has 1 fully saturated rings. The number of nitrogen functional groups attached to an aromatic ring is 1. The maximum absolute atomic E-state index is 11.0. The summed E-state index contributed by atoms with van der Waals surface area (Å²) < 4.78 is 0. The van der Waals surface area contributed by atoms with Gasteiger partial charge in [0.2, 0.25) is 5.95 Å². The molecular formula is C18H21N5O2. The van der Waals surface area contributed by atoms with E-state index in [2.05, 4.69) is 15.3 Å². The van der Waals surface area contributed by atoms with Gasteiger partial charge in [0, 0.05) is 29.6 Å². The van der Waals surface area contributed by atoms with Crippen LogP contribution < -0.4 is 11.1 Å². The lowest BCUT2D eigenvalue weighted by Gasteiger charge is -2.26. The molecule has 25 heavy (non-hydrogen) atoms. The highest BCUT2D eigenvalue weighted by Gasteiger charge is 2.26. The quantitative estimate of drug-likeness (QED) is 0.490. The lowest BCUT2D eigenvalue weighted by Crippen LogP contribution is -2.29. The van der Waals surface area contributed by atoms with Gasteiger partial charge < -0.3 is 16.2 Å². The molecule has 1 aromatic carbocycles. The molecule has 3 rings (SSSR count). The Morgan fingerprint density at radius 1 is 1.08 bits per heavy atom. The van der Waals surface area contributed by atoms with Crippen molar-refractivity contribution in [3.8, 4) is 11.1 Å². The average molecular weight is 339 g/mol. The van der Waals surface area contributed by atoms with Crippen molar-refractivity contribution in [3.05, 3.63) is 42.2 Å². The van der Waals surface area contributed by atoms with Crippen LogP contribution in [0.25, 0.3) is 11.1 Å². The van der Waals surface area contributed by atoms with Crippen LogP contribution in [0.3, 0.4) is 0 Å². The molecule has 5 N–H and O–H groups in total. The fourth-order valence-corrected chi connectivity index (χ4v) is 3.06. The van der Waals surface area contributed by atoms with Gasteiger partial charge in [-0.25, -0.2) is 9.97 Å². The molecule has 0 spiro atoms. The summed E-state index contributed by atoms with van der Waals surface area (Å²) in [5, 5.41) is 19.7. The number of carboxylic acids is 1. The van der Waals surface area contributed by atoms with Gasteiger partial charge in [-0.15, -0.1) is 0 Å². The maximum atomic E-state index is 11.0. The van der Waals surface area contributed by atoms with E-state index in [4.69, 9.17) is 16.2 Å². The van der Waals surface area contributed by atoms with E-state index in [1.807, 2.05) is 12.1 Å². The lowest BCUT2D eigenvalue weighted by atomic mass is 9.86. The number of carboxylic acid groups (broad SMARTS) is 1. The molecule has 0 aliphatic heterocycles. The summed E-state index contributed by atoms with van der Waals surface area (Å²) in [5.74, 6) is -0.322. The zero-order valence-electron chi connectivity index (χ0n) is 13.8. The van der Waals surface area contributed by atoms with Crippen molar-refractivity contribution in [3.63, 3.8) is 0 Å². The van der Waals surface area contributed by atoms with Crippen molar-refractivity contribution in [2.24, 2.45) is 11.7 Å². The van der Waals surface area contributed by atoms with Crippen molar-refractivity contribution >= 4 is 17.8 Å². The minimum absolute atomic E-state index is 0.0416. The number of nitrogens with one attached hydrogen (secondary N) is 2. The molecule has 0 unspecified atom stereocenters. The lowest BCUT2D eigenvalue weighted by molar-refractivity contribution is -0.142. The maximum Gasteiger partial charge on any atom is 0.306 e. The number of nitrogens with two attached hydrogens (primary N) is 1. The Kier molecular flexibility index (Phi) is 4.92. The zero-order chi connectivity index (χ0) is 17.8. The number of aromatic nitrogens is 2. The Labute approximate surface area is 145 Å². The largest absolute Gasteiger partial charge is 0.481 e. The van der Waals surface area contributed by atoms with Crippen LogP contribution in [0.4, 0.5) is 5.95 Å². The van der Waals surface area contributed by atoms with Gasteiger partial charge >= 0.3 is 5.97 Å². The molecule has 1 aliphatic carbocycles. The fraction of sp³-hybridized carbons (Fsp3) is 0.333. The van der Waals surface area contributed by atoms with Crippen molar-refractivity contribution < 1.29 is 9.90 Å². The van der Waals surface area contributed by atoms with Gasteiger partial charge in [-0.3, -0.25) is 10.2 Å². The first-order valence-electron chi connectivity index (χ1n) is 8.29. The van der Waals surface area contributed by atoms with Crippen LogP contribution in [0.1, 0.15) is 31.2 Å². The fourth-order valence-electron chi connectivity index (χ4n) is 3.06. The number of nitrogens with zero attached hydrogens (tertiary/aromatic N) is 2. The molecule has 1 aromatic heterocycles. The van der Waals surface area contributed by atoms with E-state index >= 15 is 0 Å². The van der Waals surface area contributed by atoms with Crippen LogP contribution in [-0.2, 0) is 4.79 Å². The summed E-state index contributed by atoms with van der Waals surface area (Å²) in [4.78, 5) is 19.7. The highest BCUT2D eigenvalue weighted by Crippen LogP contribution is 2.26. The first-order valence-corrected chi connectivity index (χ1v) is 8.29. The van der Waals surface area contributed by atoms with Crippen LogP contribution in [0, 0.1) is 11.3 Å². The second-order valence-corrected chi connectivity index (χ2v) is 6.32. The second-order valence-electron chi connectivity index (χ2n) is 6.32. The molecule has 1 heterocycles. The Morgan fingerprint density at radius 3 is 2.20 bits per heavy atom. The number of benzene rings is 1. The highest BCUT2D eigenvalue weighted by molar-refractivity contribution is 5.95. The third kappa shape index (κ3) is 4.12. The number of carbonyl (C=O) groups is 1. The van der Waals surface area contributed by atoms with Gasteiger partial charge in [-0.05, 0) is 31.2 Å². The minimum atomic E-state index is -0.699. The van der Waals surface area contributed by atoms with Gasteiger partial charge in [0.1, 0.15) is 5.84 Å². The van der Waals surface area contributed by atoms with Gasteiger partial charge in [0.25, 0.3) is 0 Å². The molecule has 0 atom stereocenters. The van der Waals surface area contributed by atoms with E-state index in [0.29, 0.717) is 24.4 Å². The van der Waals surface area contributed by atoms with Crippen LogP contribution >= 0.6 is 0 Å². The smallest absolute Gasteiger partial charge is 0.306 e. The molecule has 0 amide bonds. The molecule has 130 valence electrons. The van der Waals surface area contributed by atoms with Crippen LogP contribution in [-0.4, -0.2) is 32.9 Å². The van der Waals surface area contributed by atoms with Crippen LogP contribution in [0.15, 0.2) is 36.7 Å². The Bertz CT molecular complexity index is 750. The number of anilines is 1. The summed E-state index contributed by atoms with van der Waals surface area (Å²) in [6.07, 6.45) is 6.51. The zero-order valence-corrected chi connectivity index (χ0v) is 13.8. The van der Waals surface area contributed by atoms with Gasteiger partial charge in [0.15, 0.2) is 0 Å². The first kappa shape index (κ1) is 16.9. The summed E-state index contributed by atoms with van der Waals surface area (Å²) in [6, 6.07) is 7.58. The molecule has 0 bridgehead atoms. The van der Waals surface area contributed by atoms with Crippen LogP contribution in [0.2, 0.25) is 0 Å². The SMILES string of the molecule is N=C(N)c1ccc(-c2cnc(NC3CCC(C(=O)O)CC3)nc2)cc1. The van der Waals surface area contributed by atoms with Gasteiger partial charge in [0.05, 0.1) is 5.92 Å². The Balaban J connectivity index is 1.61. The number of aliphatic carboxylic acids is 1. The minimum Gasteiger partial charge on any atom is -0.481 e. The normalized spacial score (nSPS) is 20.0.